The van der Waals surface area contributed by atoms with Gasteiger partial charge in [0.1, 0.15) is 5.82 Å². The van der Waals surface area contributed by atoms with Gasteiger partial charge in [0.2, 0.25) is 0 Å². The number of ether oxygens (including phenoxy) is 1. The lowest BCUT2D eigenvalue weighted by atomic mass is 10.2. The highest BCUT2D eigenvalue weighted by Gasteiger charge is 2.10. The largest absolute Gasteiger partial charge is 0.452 e. The average Bonchev–Trinajstić information content (AvgIpc) is 2.45. The average molecular weight is 308 g/mol. The van der Waals surface area contributed by atoms with E-state index in [1.54, 1.807) is 24.3 Å². The summed E-state index contributed by atoms with van der Waals surface area (Å²) in [6, 6.07) is 11.4. The first-order chi connectivity index (χ1) is 10.0. The summed E-state index contributed by atoms with van der Waals surface area (Å²) in [6.07, 6.45) is 0. The standard InChI is InChI=1S/C15H11ClFNO3/c16-11-2-1-3-13(8-11)18-14(19)9-21-15(20)10-4-6-12(17)7-5-10/h1-8H,9H2,(H,18,19). The van der Waals surface area contributed by atoms with Gasteiger partial charge in [0.05, 0.1) is 5.56 Å². The highest BCUT2D eigenvalue weighted by atomic mass is 35.5. The van der Waals surface area contributed by atoms with Crippen LogP contribution in [0.25, 0.3) is 0 Å². The van der Waals surface area contributed by atoms with Crippen LogP contribution in [0.4, 0.5) is 10.1 Å². The molecular formula is C15H11ClFNO3. The van der Waals surface area contributed by atoms with E-state index in [1.807, 2.05) is 0 Å². The van der Waals surface area contributed by atoms with E-state index in [-0.39, 0.29) is 5.56 Å². The number of nitrogens with one attached hydrogen (secondary N) is 1. The number of anilines is 1. The fourth-order valence-corrected chi connectivity index (χ4v) is 1.75. The summed E-state index contributed by atoms with van der Waals surface area (Å²) in [6.45, 7) is -0.442. The summed E-state index contributed by atoms with van der Waals surface area (Å²) in [4.78, 5) is 23.2. The third-order valence-corrected chi connectivity index (χ3v) is 2.76. The number of halogens is 2. The predicted molar refractivity (Wildman–Crippen MR) is 76.8 cm³/mol. The van der Waals surface area contributed by atoms with Crippen molar-refractivity contribution in [2.24, 2.45) is 0 Å². The Balaban J connectivity index is 1.86. The minimum absolute atomic E-state index is 0.173. The maximum Gasteiger partial charge on any atom is 0.338 e. The lowest BCUT2D eigenvalue weighted by Crippen LogP contribution is -2.20. The van der Waals surface area contributed by atoms with Crippen LogP contribution in [0.3, 0.4) is 0 Å². The minimum Gasteiger partial charge on any atom is -0.452 e. The molecular weight excluding hydrogens is 297 g/mol. The number of carbonyl (C=O) groups is 2. The number of hydrogen-bond acceptors (Lipinski definition) is 3. The number of esters is 1. The first kappa shape index (κ1) is 15.0. The molecule has 0 aliphatic carbocycles. The van der Waals surface area contributed by atoms with Crippen LogP contribution in [-0.4, -0.2) is 18.5 Å². The Bertz CT molecular complexity index is 658. The van der Waals surface area contributed by atoms with Crippen LogP contribution in [0.2, 0.25) is 5.02 Å². The first-order valence-corrected chi connectivity index (χ1v) is 6.40. The molecule has 0 heterocycles. The van der Waals surface area contributed by atoms with Gasteiger partial charge in [0.25, 0.3) is 5.91 Å². The summed E-state index contributed by atoms with van der Waals surface area (Å²) in [7, 11) is 0. The van der Waals surface area contributed by atoms with Gasteiger partial charge in [-0.25, -0.2) is 9.18 Å². The van der Waals surface area contributed by atoms with Crippen molar-refractivity contribution in [2.45, 2.75) is 0 Å². The van der Waals surface area contributed by atoms with Gasteiger partial charge >= 0.3 is 5.97 Å². The minimum atomic E-state index is -0.698. The normalized spacial score (nSPS) is 10.0. The monoisotopic (exact) mass is 307 g/mol. The summed E-state index contributed by atoms with van der Waals surface area (Å²) in [5.41, 5.74) is 0.678. The summed E-state index contributed by atoms with van der Waals surface area (Å²) >= 11 is 5.78. The van der Waals surface area contributed by atoms with Crippen molar-refractivity contribution in [3.8, 4) is 0 Å². The Morgan fingerprint density at radius 1 is 1.14 bits per heavy atom. The molecule has 0 aliphatic heterocycles. The van der Waals surface area contributed by atoms with Gasteiger partial charge in [-0.1, -0.05) is 17.7 Å². The van der Waals surface area contributed by atoms with Crippen molar-refractivity contribution in [1.82, 2.24) is 0 Å². The van der Waals surface area contributed by atoms with E-state index in [0.29, 0.717) is 10.7 Å². The molecule has 0 spiro atoms. The molecule has 108 valence electrons. The van der Waals surface area contributed by atoms with Crippen LogP contribution >= 0.6 is 11.6 Å². The Kier molecular flexibility index (Phi) is 4.90. The summed E-state index contributed by atoms with van der Waals surface area (Å²) < 4.78 is 17.5. The van der Waals surface area contributed by atoms with Crippen LogP contribution in [0.1, 0.15) is 10.4 Å². The van der Waals surface area contributed by atoms with E-state index >= 15 is 0 Å². The van der Waals surface area contributed by atoms with Gasteiger partial charge in [-0.3, -0.25) is 4.79 Å². The Hall–Kier alpha value is -2.40. The molecule has 0 fully saturated rings. The van der Waals surface area contributed by atoms with Crippen LogP contribution in [0.15, 0.2) is 48.5 Å². The van der Waals surface area contributed by atoms with Gasteiger partial charge in [0.15, 0.2) is 6.61 Å². The van der Waals surface area contributed by atoms with Crippen molar-refractivity contribution in [1.29, 1.82) is 0 Å². The molecule has 1 amide bonds. The van der Waals surface area contributed by atoms with E-state index in [4.69, 9.17) is 16.3 Å². The lowest BCUT2D eigenvalue weighted by molar-refractivity contribution is -0.119. The van der Waals surface area contributed by atoms with Crippen LogP contribution in [-0.2, 0) is 9.53 Å². The van der Waals surface area contributed by atoms with Gasteiger partial charge in [-0.2, -0.15) is 0 Å². The molecule has 0 unspecified atom stereocenters. The smallest absolute Gasteiger partial charge is 0.338 e. The molecule has 2 aromatic carbocycles. The zero-order valence-electron chi connectivity index (χ0n) is 10.8. The zero-order valence-corrected chi connectivity index (χ0v) is 11.6. The van der Waals surface area contributed by atoms with Crippen LogP contribution in [0.5, 0.6) is 0 Å². The number of benzene rings is 2. The van der Waals surface area contributed by atoms with Crippen LogP contribution < -0.4 is 5.32 Å². The molecule has 0 radical (unpaired) electrons. The first-order valence-electron chi connectivity index (χ1n) is 6.03. The number of carbonyl (C=O) groups excluding carboxylic acids is 2. The predicted octanol–water partition coefficient (Wildman–Crippen LogP) is 3.27. The van der Waals surface area contributed by atoms with Crippen molar-refractivity contribution in [3.63, 3.8) is 0 Å². The topological polar surface area (TPSA) is 55.4 Å². The SMILES string of the molecule is O=C(COC(=O)c1ccc(F)cc1)Nc1cccc(Cl)c1. The molecule has 0 atom stereocenters. The second-order valence-corrected chi connectivity index (χ2v) is 4.58. The molecule has 0 bridgehead atoms. The third-order valence-electron chi connectivity index (χ3n) is 2.52. The maximum atomic E-state index is 12.7. The summed E-state index contributed by atoms with van der Waals surface area (Å²) in [5.74, 6) is -1.64. The van der Waals surface area contributed by atoms with Crippen LogP contribution in [0, 0.1) is 5.82 Å². The van der Waals surface area contributed by atoms with Crippen molar-refractivity contribution >= 4 is 29.2 Å². The molecule has 1 N–H and O–H groups in total. The molecule has 0 aromatic heterocycles. The van der Waals surface area contributed by atoms with Crippen molar-refractivity contribution in [2.75, 3.05) is 11.9 Å². The molecule has 2 rings (SSSR count). The Labute approximate surface area is 125 Å². The van der Waals surface area contributed by atoms with E-state index in [1.165, 1.54) is 12.1 Å². The van der Waals surface area contributed by atoms with Gasteiger partial charge in [-0.15, -0.1) is 0 Å². The lowest BCUT2D eigenvalue weighted by Gasteiger charge is -2.07. The number of rotatable bonds is 4. The second kappa shape index (κ2) is 6.85. The number of hydrogen-bond donors (Lipinski definition) is 1. The molecule has 0 saturated carbocycles. The molecule has 6 heteroatoms. The van der Waals surface area contributed by atoms with E-state index in [0.717, 1.165) is 12.1 Å². The van der Waals surface area contributed by atoms with Gasteiger partial charge in [-0.05, 0) is 42.5 Å². The summed E-state index contributed by atoms with van der Waals surface area (Å²) in [5, 5.41) is 3.02. The fourth-order valence-electron chi connectivity index (χ4n) is 1.56. The highest BCUT2D eigenvalue weighted by molar-refractivity contribution is 6.30. The van der Waals surface area contributed by atoms with E-state index < -0.39 is 24.3 Å². The molecule has 4 nitrogen and oxygen atoms in total. The van der Waals surface area contributed by atoms with E-state index in [2.05, 4.69) is 5.32 Å². The molecule has 21 heavy (non-hydrogen) atoms. The third kappa shape index (κ3) is 4.57. The Morgan fingerprint density at radius 3 is 2.52 bits per heavy atom. The quantitative estimate of drug-likeness (QED) is 0.882. The second-order valence-electron chi connectivity index (χ2n) is 4.14. The van der Waals surface area contributed by atoms with Crippen molar-refractivity contribution in [3.05, 3.63) is 64.9 Å². The Morgan fingerprint density at radius 2 is 1.86 bits per heavy atom. The van der Waals surface area contributed by atoms with E-state index in [9.17, 15) is 14.0 Å². The number of amides is 1. The van der Waals surface area contributed by atoms with Crippen molar-refractivity contribution < 1.29 is 18.7 Å². The molecule has 0 saturated heterocycles. The molecule has 2 aromatic rings. The van der Waals surface area contributed by atoms with Gasteiger partial charge in [0, 0.05) is 10.7 Å². The highest BCUT2D eigenvalue weighted by Crippen LogP contribution is 2.14. The van der Waals surface area contributed by atoms with Gasteiger partial charge < -0.3 is 10.1 Å². The fraction of sp³-hybridized carbons (Fsp3) is 0.0667. The molecule has 0 aliphatic rings. The zero-order chi connectivity index (χ0) is 15.2. The maximum absolute atomic E-state index is 12.7.